The van der Waals surface area contributed by atoms with Crippen LogP contribution in [-0.4, -0.2) is 70.8 Å². The summed E-state index contributed by atoms with van der Waals surface area (Å²) in [5.74, 6) is -1.13. The summed E-state index contributed by atoms with van der Waals surface area (Å²) in [7, 11) is 2.06. The summed E-state index contributed by atoms with van der Waals surface area (Å²) < 4.78 is 34.5. The molecule has 1 fully saturated rings. The molecule has 0 unspecified atom stereocenters. The van der Waals surface area contributed by atoms with Crippen LogP contribution in [0, 0.1) is 5.82 Å². The number of thioether (sulfide) groups is 1. The Labute approximate surface area is 224 Å². The molecule has 1 saturated heterocycles. The molecule has 0 saturated carbocycles. The fourth-order valence-corrected chi connectivity index (χ4v) is 5.96. The van der Waals surface area contributed by atoms with E-state index in [0.717, 1.165) is 48.4 Å². The molecular weight excluding hydrogens is 510 g/mol. The van der Waals surface area contributed by atoms with Crippen molar-refractivity contribution in [2.45, 2.75) is 36.6 Å². The summed E-state index contributed by atoms with van der Waals surface area (Å²) in [5, 5.41) is 5.87. The number of aromatic nitrogens is 3. The predicted octanol–water partition coefficient (Wildman–Crippen LogP) is 4.35. The van der Waals surface area contributed by atoms with E-state index >= 15 is 4.39 Å². The van der Waals surface area contributed by atoms with E-state index in [1.165, 1.54) is 11.6 Å². The molecular formula is C27H30F2N6O2S. The first-order valence-electron chi connectivity index (χ1n) is 12.7. The number of nitrogens with one attached hydrogen (secondary N) is 2. The summed E-state index contributed by atoms with van der Waals surface area (Å²) >= 11 is 1.72. The molecule has 2 aromatic heterocycles. The molecule has 38 heavy (non-hydrogen) atoms. The van der Waals surface area contributed by atoms with Gasteiger partial charge in [0.2, 0.25) is 0 Å². The van der Waals surface area contributed by atoms with E-state index in [-0.39, 0.29) is 30.8 Å². The Bertz CT molecular complexity index is 1370. The van der Waals surface area contributed by atoms with Crippen molar-refractivity contribution in [2.24, 2.45) is 0 Å². The van der Waals surface area contributed by atoms with Crippen LogP contribution in [0.25, 0.3) is 22.3 Å². The van der Waals surface area contributed by atoms with Gasteiger partial charge in [-0.05, 0) is 56.7 Å². The molecule has 0 bridgehead atoms. The number of aryl methyl sites for hydroxylation is 1. The smallest absolute Gasteiger partial charge is 0.320 e. The lowest BCUT2D eigenvalue weighted by atomic mass is 10.0. The largest absolute Gasteiger partial charge is 0.462 e. The van der Waals surface area contributed by atoms with E-state index in [2.05, 4.69) is 50.2 Å². The van der Waals surface area contributed by atoms with E-state index < -0.39 is 17.6 Å². The van der Waals surface area contributed by atoms with Gasteiger partial charge in [0.25, 0.3) is 5.91 Å². The second-order valence-corrected chi connectivity index (χ2v) is 10.6. The number of hydrogen-bond donors (Lipinski definition) is 2. The minimum absolute atomic E-state index is 0.109. The van der Waals surface area contributed by atoms with Gasteiger partial charge in [-0.2, -0.15) is 9.97 Å². The van der Waals surface area contributed by atoms with Crippen LogP contribution >= 0.6 is 11.8 Å². The van der Waals surface area contributed by atoms with Crippen molar-refractivity contribution in [3.8, 4) is 17.3 Å². The molecule has 0 radical (unpaired) electrons. The van der Waals surface area contributed by atoms with E-state index in [1.807, 2.05) is 12.1 Å². The third-order valence-corrected chi connectivity index (χ3v) is 8.10. The Morgan fingerprint density at radius 2 is 2.13 bits per heavy atom. The number of fused-ring (bicyclic) bond motifs is 2. The monoisotopic (exact) mass is 540 g/mol. The van der Waals surface area contributed by atoms with Gasteiger partial charge in [-0.1, -0.05) is 24.8 Å². The molecule has 2 aliphatic rings. The number of carbonyl (C=O) groups is 1. The van der Waals surface area contributed by atoms with Crippen molar-refractivity contribution >= 4 is 34.5 Å². The van der Waals surface area contributed by atoms with E-state index in [4.69, 9.17) is 4.74 Å². The standard InChI is InChI=1S/C27H30F2N6O2S/c1-16(28)26(36)31-11-10-30-24-20-14-21(29)22(19-9-3-6-17-7-5-13-38-23(17)19)32-25(20)34-27(33-24)37-15-18-8-4-12-35(18)2/h3,6,9,14,18H,1,4-5,7-8,10-13,15H2,2H3,(H,31,36)(H,30,32,33,34)/t18-/m0/s1. The first-order chi connectivity index (χ1) is 18.4. The van der Waals surface area contributed by atoms with Crippen molar-refractivity contribution in [3.05, 3.63) is 48.1 Å². The summed E-state index contributed by atoms with van der Waals surface area (Å²) in [4.78, 5) is 28.4. The van der Waals surface area contributed by atoms with Crippen LogP contribution in [0.3, 0.4) is 0 Å². The molecule has 200 valence electrons. The van der Waals surface area contributed by atoms with Crippen molar-refractivity contribution in [2.75, 3.05) is 44.4 Å². The summed E-state index contributed by atoms with van der Waals surface area (Å²) in [6, 6.07) is 7.69. The number of amides is 1. The average Bonchev–Trinajstić information content (AvgIpc) is 3.33. The van der Waals surface area contributed by atoms with Crippen LogP contribution in [0.4, 0.5) is 14.6 Å². The maximum Gasteiger partial charge on any atom is 0.320 e. The van der Waals surface area contributed by atoms with Crippen molar-refractivity contribution in [1.29, 1.82) is 0 Å². The molecule has 0 spiro atoms. The van der Waals surface area contributed by atoms with Crippen LogP contribution in [0.2, 0.25) is 0 Å². The van der Waals surface area contributed by atoms with Crippen molar-refractivity contribution < 1.29 is 18.3 Å². The van der Waals surface area contributed by atoms with Crippen LogP contribution in [0.5, 0.6) is 6.01 Å². The number of pyridine rings is 1. The topological polar surface area (TPSA) is 92.3 Å². The lowest BCUT2D eigenvalue weighted by Crippen LogP contribution is -2.31. The predicted molar refractivity (Wildman–Crippen MR) is 145 cm³/mol. The van der Waals surface area contributed by atoms with Gasteiger partial charge >= 0.3 is 6.01 Å². The minimum Gasteiger partial charge on any atom is -0.462 e. The number of rotatable bonds is 9. The normalized spacial score (nSPS) is 17.3. The molecule has 3 aromatic rings. The van der Waals surface area contributed by atoms with Gasteiger partial charge in [0.1, 0.15) is 23.9 Å². The zero-order valence-corrected chi connectivity index (χ0v) is 22.0. The highest BCUT2D eigenvalue weighted by Gasteiger charge is 2.23. The highest BCUT2D eigenvalue weighted by Crippen LogP contribution is 2.39. The molecule has 2 N–H and O–H groups in total. The van der Waals surface area contributed by atoms with Crippen LogP contribution in [0.15, 0.2) is 41.6 Å². The number of nitrogens with zero attached hydrogens (tertiary/aromatic N) is 4. The van der Waals surface area contributed by atoms with Gasteiger partial charge in [0.05, 0.1) is 5.39 Å². The zero-order chi connectivity index (χ0) is 26.6. The molecule has 0 aliphatic carbocycles. The maximum absolute atomic E-state index is 15.5. The Hall–Kier alpha value is -3.31. The number of likely N-dealkylation sites (tertiary alicyclic amines) is 1. The molecule has 4 heterocycles. The second-order valence-electron chi connectivity index (χ2n) is 9.47. The van der Waals surface area contributed by atoms with Gasteiger partial charge in [-0.25, -0.2) is 13.8 Å². The first kappa shape index (κ1) is 26.3. The number of anilines is 1. The number of ether oxygens (including phenoxy) is 1. The summed E-state index contributed by atoms with van der Waals surface area (Å²) in [6.07, 6.45) is 4.19. The van der Waals surface area contributed by atoms with Gasteiger partial charge in [-0.15, -0.1) is 11.8 Å². The third-order valence-electron chi connectivity index (χ3n) is 6.83. The molecule has 1 amide bonds. The van der Waals surface area contributed by atoms with E-state index in [0.29, 0.717) is 23.5 Å². The Kier molecular flexibility index (Phi) is 8.04. The Balaban J connectivity index is 1.47. The first-order valence-corrected chi connectivity index (χ1v) is 13.7. The molecule has 11 heteroatoms. The minimum atomic E-state index is -1.06. The van der Waals surface area contributed by atoms with Crippen molar-refractivity contribution in [3.63, 3.8) is 0 Å². The van der Waals surface area contributed by atoms with E-state index in [9.17, 15) is 9.18 Å². The molecule has 1 atom stereocenters. The maximum atomic E-state index is 15.5. The van der Waals surface area contributed by atoms with Crippen LogP contribution < -0.4 is 15.4 Å². The molecule has 8 nitrogen and oxygen atoms in total. The Morgan fingerprint density at radius 1 is 1.26 bits per heavy atom. The SMILES string of the molecule is C=C(F)C(=O)NCCNc1nc(OC[C@@H]2CCCN2C)nc2nc(-c3cccc4c3SCCC4)c(F)cc12. The van der Waals surface area contributed by atoms with Crippen LogP contribution in [0.1, 0.15) is 24.8 Å². The highest BCUT2D eigenvalue weighted by molar-refractivity contribution is 7.99. The zero-order valence-electron chi connectivity index (χ0n) is 21.2. The number of hydrogen-bond acceptors (Lipinski definition) is 8. The van der Waals surface area contributed by atoms with Gasteiger partial charge < -0.3 is 20.3 Å². The lowest BCUT2D eigenvalue weighted by Gasteiger charge is -2.20. The third kappa shape index (κ3) is 5.73. The van der Waals surface area contributed by atoms with Crippen molar-refractivity contribution in [1.82, 2.24) is 25.2 Å². The summed E-state index contributed by atoms with van der Waals surface area (Å²) in [5.41, 5.74) is 2.49. The van der Waals surface area contributed by atoms with Crippen LogP contribution in [-0.2, 0) is 11.2 Å². The molecule has 5 rings (SSSR count). The second kappa shape index (κ2) is 11.6. The van der Waals surface area contributed by atoms with Gasteiger partial charge in [-0.3, -0.25) is 4.79 Å². The number of benzene rings is 1. The number of likely N-dealkylation sites (N-methyl/N-ethyl adjacent to an activating group) is 1. The van der Waals surface area contributed by atoms with Gasteiger partial charge in [0.15, 0.2) is 11.5 Å². The summed E-state index contributed by atoms with van der Waals surface area (Å²) in [6.45, 7) is 4.74. The molecule has 1 aromatic carbocycles. The Morgan fingerprint density at radius 3 is 2.92 bits per heavy atom. The lowest BCUT2D eigenvalue weighted by molar-refractivity contribution is -0.118. The highest BCUT2D eigenvalue weighted by atomic mass is 32.2. The van der Waals surface area contributed by atoms with E-state index in [1.54, 1.807) is 11.8 Å². The quantitative estimate of drug-likeness (QED) is 0.306. The number of carbonyl (C=O) groups excluding carboxylic acids is 1. The fraction of sp³-hybridized carbons (Fsp3) is 0.407. The number of halogens is 2. The molecule has 2 aliphatic heterocycles. The fourth-order valence-electron chi connectivity index (χ4n) is 4.79. The van der Waals surface area contributed by atoms with Gasteiger partial charge in [0, 0.05) is 29.6 Å². The average molecular weight is 541 g/mol.